The Hall–Kier alpha value is -3.19. The molecule has 1 saturated carbocycles. The molecule has 0 radical (unpaired) electrons. The molecule has 0 spiro atoms. The fourth-order valence-corrected chi connectivity index (χ4v) is 6.23. The van der Waals surface area contributed by atoms with E-state index in [-0.39, 0.29) is 35.2 Å². The third-order valence-electron chi connectivity index (χ3n) is 6.71. The summed E-state index contributed by atoms with van der Waals surface area (Å²) in [4.78, 5) is 33.6. The number of aromatic hydroxyl groups is 1. The average molecular weight is 447 g/mol. The number of amides is 1. The predicted molar refractivity (Wildman–Crippen MR) is 122 cm³/mol. The number of thiazole rings is 1. The number of rotatable bonds is 2. The normalized spacial score (nSPS) is 25.2. The van der Waals surface area contributed by atoms with Crippen LogP contribution in [-0.4, -0.2) is 27.9 Å². The summed E-state index contributed by atoms with van der Waals surface area (Å²) < 4.78 is 7.20. The van der Waals surface area contributed by atoms with E-state index >= 15 is 0 Å². The van der Waals surface area contributed by atoms with Crippen LogP contribution in [0.3, 0.4) is 0 Å². The predicted octanol–water partition coefficient (Wildman–Crippen LogP) is 4.81. The molecule has 6 nitrogen and oxygen atoms in total. The fraction of sp³-hybridized carbons (Fsp3) is 0.320. The number of phenolic OH excluding ortho intramolecular Hbond substituents is 1. The van der Waals surface area contributed by atoms with Crippen LogP contribution in [0.4, 0.5) is 5.13 Å². The zero-order valence-electron chi connectivity index (χ0n) is 17.6. The Morgan fingerprint density at radius 1 is 1.09 bits per heavy atom. The molecule has 1 amide bonds. The lowest BCUT2D eigenvalue weighted by Gasteiger charge is -2.35. The van der Waals surface area contributed by atoms with Gasteiger partial charge in [0.2, 0.25) is 0 Å². The van der Waals surface area contributed by atoms with Gasteiger partial charge in [-0.15, -0.1) is 0 Å². The number of hydrogen-bond acceptors (Lipinski definition) is 6. The van der Waals surface area contributed by atoms with Crippen molar-refractivity contribution < 1.29 is 19.4 Å². The highest BCUT2D eigenvalue weighted by Gasteiger charge is 2.53. The highest BCUT2D eigenvalue weighted by Crippen LogP contribution is 2.49. The van der Waals surface area contributed by atoms with E-state index < -0.39 is 6.04 Å². The van der Waals surface area contributed by atoms with Gasteiger partial charge in [0.05, 0.1) is 27.7 Å². The molecule has 6 rings (SSSR count). The van der Waals surface area contributed by atoms with Crippen LogP contribution in [0.5, 0.6) is 5.75 Å². The maximum Gasteiger partial charge on any atom is 0.296 e. The molecule has 1 N–H and O–H groups in total. The Morgan fingerprint density at radius 3 is 2.69 bits per heavy atom. The molecule has 1 aliphatic carbocycles. The van der Waals surface area contributed by atoms with Crippen LogP contribution in [0.1, 0.15) is 42.9 Å². The number of benzene rings is 2. The zero-order valence-corrected chi connectivity index (χ0v) is 18.4. The van der Waals surface area contributed by atoms with Crippen LogP contribution in [0.2, 0.25) is 0 Å². The topological polar surface area (TPSA) is 79.7 Å². The summed E-state index contributed by atoms with van der Waals surface area (Å²) in [6, 6.07) is 12.1. The number of ketones is 1. The zero-order chi connectivity index (χ0) is 22.0. The standard InChI is InChI=1S/C25H22N2O4S/c1-13-6-11-17-19(12-13)32-25(26-17)27-21(14-7-9-15(28)10-8-14)20-22(29)16-4-2-3-5-18(16)31-23(20)24(27)30/h6-12,16,18,21,28H,2-5H2,1H3. The van der Waals surface area contributed by atoms with Gasteiger partial charge in [-0.05, 0) is 61.6 Å². The van der Waals surface area contributed by atoms with Crippen molar-refractivity contribution in [3.05, 3.63) is 64.9 Å². The fourth-order valence-electron chi connectivity index (χ4n) is 5.14. The molecule has 3 aliphatic rings. The maximum absolute atomic E-state index is 13.7. The van der Waals surface area contributed by atoms with E-state index in [0.29, 0.717) is 10.7 Å². The Morgan fingerprint density at radius 2 is 1.88 bits per heavy atom. The van der Waals surface area contributed by atoms with Crippen LogP contribution >= 0.6 is 11.3 Å². The van der Waals surface area contributed by atoms with Crippen LogP contribution in [-0.2, 0) is 14.3 Å². The van der Waals surface area contributed by atoms with Crippen molar-refractivity contribution in [2.75, 3.05) is 4.90 Å². The van der Waals surface area contributed by atoms with Crippen LogP contribution in [0, 0.1) is 12.8 Å². The van der Waals surface area contributed by atoms with Gasteiger partial charge in [0.15, 0.2) is 16.7 Å². The number of ether oxygens (including phenoxy) is 1. The lowest BCUT2D eigenvalue weighted by molar-refractivity contribution is -0.131. The number of phenols is 1. The first-order chi connectivity index (χ1) is 15.5. The van der Waals surface area contributed by atoms with Crippen LogP contribution in [0.25, 0.3) is 10.2 Å². The third kappa shape index (κ3) is 2.88. The van der Waals surface area contributed by atoms with Gasteiger partial charge in [-0.25, -0.2) is 4.98 Å². The number of aromatic nitrogens is 1. The van der Waals surface area contributed by atoms with Crippen LogP contribution < -0.4 is 4.90 Å². The van der Waals surface area contributed by atoms with Gasteiger partial charge in [-0.3, -0.25) is 14.5 Å². The van der Waals surface area contributed by atoms with Crippen molar-refractivity contribution in [2.24, 2.45) is 5.92 Å². The molecular formula is C25H22N2O4S. The Kier molecular flexibility index (Phi) is 4.37. The van der Waals surface area contributed by atoms with Gasteiger partial charge in [0.25, 0.3) is 5.91 Å². The molecule has 3 heterocycles. The van der Waals surface area contributed by atoms with Crippen molar-refractivity contribution in [1.82, 2.24) is 4.98 Å². The van der Waals surface area contributed by atoms with E-state index in [1.165, 1.54) is 11.3 Å². The lowest BCUT2D eigenvalue weighted by Crippen LogP contribution is -2.39. The molecular weight excluding hydrogens is 424 g/mol. The van der Waals surface area contributed by atoms with Crippen molar-refractivity contribution >= 4 is 38.4 Å². The number of carbonyl (C=O) groups excluding carboxylic acids is 2. The largest absolute Gasteiger partial charge is 0.508 e. The monoisotopic (exact) mass is 446 g/mol. The van der Waals surface area contributed by atoms with E-state index in [2.05, 4.69) is 6.07 Å². The van der Waals surface area contributed by atoms with Crippen LogP contribution in [0.15, 0.2) is 53.8 Å². The number of fused-ring (bicyclic) bond motifs is 2. The van der Waals surface area contributed by atoms with Crippen molar-refractivity contribution in [3.8, 4) is 5.75 Å². The minimum atomic E-state index is -0.616. The first-order valence-corrected chi connectivity index (χ1v) is 11.8. The highest BCUT2D eigenvalue weighted by atomic mass is 32.1. The lowest BCUT2D eigenvalue weighted by atomic mass is 9.77. The molecule has 3 unspecified atom stereocenters. The second-order valence-corrected chi connectivity index (χ2v) is 9.80. The molecule has 162 valence electrons. The van der Waals surface area contributed by atoms with E-state index in [1.54, 1.807) is 29.2 Å². The van der Waals surface area contributed by atoms with Gasteiger partial charge in [0, 0.05) is 0 Å². The molecule has 0 saturated heterocycles. The Bertz CT molecular complexity index is 1290. The summed E-state index contributed by atoms with van der Waals surface area (Å²) in [5.41, 5.74) is 3.12. The number of nitrogens with zero attached hydrogens (tertiary/aromatic N) is 2. The number of anilines is 1. The van der Waals surface area contributed by atoms with Crippen molar-refractivity contribution in [1.29, 1.82) is 0 Å². The first-order valence-electron chi connectivity index (χ1n) is 11.0. The first kappa shape index (κ1) is 19.5. The molecule has 3 aromatic rings. The van der Waals surface area contributed by atoms with Crippen molar-refractivity contribution in [3.63, 3.8) is 0 Å². The number of carbonyl (C=O) groups is 2. The average Bonchev–Trinajstić information content (AvgIpc) is 3.33. The summed E-state index contributed by atoms with van der Waals surface area (Å²) in [5.74, 6) is -0.194. The van der Waals surface area contributed by atoms with Crippen molar-refractivity contribution in [2.45, 2.75) is 44.8 Å². The number of Topliss-reactive ketones (excluding diaryl/α,β-unsaturated/α-hetero) is 1. The Labute approximate surface area is 189 Å². The molecule has 3 atom stereocenters. The van der Waals surface area contributed by atoms with E-state index in [1.807, 2.05) is 19.1 Å². The summed E-state index contributed by atoms with van der Waals surface area (Å²) in [6.45, 7) is 2.02. The van der Waals surface area contributed by atoms with E-state index in [0.717, 1.165) is 47.0 Å². The molecule has 32 heavy (non-hydrogen) atoms. The molecule has 0 bridgehead atoms. The van der Waals surface area contributed by atoms with E-state index in [9.17, 15) is 14.7 Å². The van der Waals surface area contributed by atoms with Gasteiger partial charge in [-0.1, -0.05) is 36.0 Å². The van der Waals surface area contributed by atoms with E-state index in [4.69, 9.17) is 9.72 Å². The number of aryl methyl sites for hydroxylation is 1. The summed E-state index contributed by atoms with van der Waals surface area (Å²) in [7, 11) is 0. The second-order valence-electron chi connectivity index (χ2n) is 8.79. The molecule has 2 aliphatic heterocycles. The number of hydrogen-bond donors (Lipinski definition) is 1. The summed E-state index contributed by atoms with van der Waals surface area (Å²) in [6.07, 6.45) is 3.37. The summed E-state index contributed by atoms with van der Waals surface area (Å²) >= 11 is 1.44. The molecule has 1 aromatic heterocycles. The van der Waals surface area contributed by atoms with Gasteiger partial charge in [0.1, 0.15) is 11.9 Å². The maximum atomic E-state index is 13.7. The molecule has 2 aromatic carbocycles. The SMILES string of the molecule is Cc1ccc2nc(N3C(=O)C4=C(C(=O)C5CCCCC5O4)C3c3ccc(O)cc3)sc2c1. The molecule has 7 heteroatoms. The second kappa shape index (κ2) is 7.17. The smallest absolute Gasteiger partial charge is 0.296 e. The highest BCUT2D eigenvalue weighted by molar-refractivity contribution is 7.22. The van der Waals surface area contributed by atoms with Gasteiger partial charge >= 0.3 is 0 Å². The third-order valence-corrected chi connectivity index (χ3v) is 7.73. The minimum Gasteiger partial charge on any atom is -0.508 e. The van der Waals surface area contributed by atoms with Gasteiger partial charge < -0.3 is 9.84 Å². The minimum absolute atomic E-state index is 0.0156. The van der Waals surface area contributed by atoms with Gasteiger partial charge in [-0.2, -0.15) is 0 Å². The molecule has 1 fully saturated rings. The Balaban J connectivity index is 1.51. The quantitative estimate of drug-likeness (QED) is 0.611. The summed E-state index contributed by atoms with van der Waals surface area (Å²) in [5, 5.41) is 10.3.